The van der Waals surface area contributed by atoms with Gasteiger partial charge in [0.25, 0.3) is 0 Å². The molecule has 3 rings (SSSR count). The predicted octanol–water partition coefficient (Wildman–Crippen LogP) is 3.26. The lowest BCUT2D eigenvalue weighted by atomic mass is 9.84. The lowest BCUT2D eigenvalue weighted by molar-refractivity contribution is -0.00681. The topological polar surface area (TPSA) is 18.5 Å². The smallest absolute Gasteiger partial charge is 0.127 e. The molecule has 0 saturated carbocycles. The average molecular weight is 281 g/mol. The molecular formula is C13H13BrO2. The van der Waals surface area contributed by atoms with E-state index in [1.165, 1.54) is 0 Å². The first-order valence-corrected chi connectivity index (χ1v) is 6.28. The second-order valence-electron chi connectivity index (χ2n) is 4.29. The van der Waals surface area contributed by atoms with Gasteiger partial charge in [0, 0.05) is 22.4 Å². The minimum atomic E-state index is 0.245. The van der Waals surface area contributed by atoms with Crippen molar-refractivity contribution in [3.8, 4) is 5.75 Å². The third-order valence-corrected chi connectivity index (χ3v) is 3.80. The van der Waals surface area contributed by atoms with Gasteiger partial charge in [-0.3, -0.25) is 0 Å². The Balaban J connectivity index is 2.03. The maximum Gasteiger partial charge on any atom is 0.127 e. The quantitative estimate of drug-likeness (QED) is 0.726. The second-order valence-corrected chi connectivity index (χ2v) is 5.21. The van der Waals surface area contributed by atoms with Crippen LogP contribution in [-0.4, -0.2) is 19.3 Å². The fourth-order valence-corrected chi connectivity index (χ4v) is 2.76. The minimum Gasteiger partial charge on any atom is -0.489 e. The molecule has 0 spiro atoms. The van der Waals surface area contributed by atoms with Gasteiger partial charge in [0.2, 0.25) is 0 Å². The van der Waals surface area contributed by atoms with Crippen LogP contribution in [0.4, 0.5) is 0 Å². The fourth-order valence-electron chi connectivity index (χ4n) is 2.40. The summed E-state index contributed by atoms with van der Waals surface area (Å²) in [5, 5.41) is 0. The molecular weight excluding hydrogens is 268 g/mol. The summed E-state index contributed by atoms with van der Waals surface area (Å²) in [6.07, 6.45) is 1.20. The average Bonchev–Trinajstić information content (AvgIpc) is 2.31. The number of hydrogen-bond donors (Lipinski definition) is 0. The minimum absolute atomic E-state index is 0.245. The van der Waals surface area contributed by atoms with E-state index in [1.807, 2.05) is 12.1 Å². The first-order chi connectivity index (χ1) is 7.75. The number of benzene rings is 1. The Labute approximate surface area is 103 Å². The van der Waals surface area contributed by atoms with Gasteiger partial charge in [-0.15, -0.1) is 0 Å². The summed E-state index contributed by atoms with van der Waals surface area (Å²) in [7, 11) is 0. The Bertz CT molecular complexity index is 442. The molecule has 16 heavy (non-hydrogen) atoms. The van der Waals surface area contributed by atoms with Gasteiger partial charge in [0.15, 0.2) is 0 Å². The van der Waals surface area contributed by atoms with E-state index in [0.29, 0.717) is 5.92 Å². The number of ether oxygens (including phenoxy) is 2. The molecule has 0 aromatic heterocycles. The second kappa shape index (κ2) is 3.90. The van der Waals surface area contributed by atoms with Crippen molar-refractivity contribution in [1.82, 2.24) is 0 Å². The molecule has 0 unspecified atom stereocenters. The Morgan fingerprint density at radius 2 is 2.25 bits per heavy atom. The van der Waals surface area contributed by atoms with Crippen molar-refractivity contribution < 1.29 is 9.47 Å². The van der Waals surface area contributed by atoms with Gasteiger partial charge in [-0.2, -0.15) is 0 Å². The molecule has 0 bridgehead atoms. The summed E-state index contributed by atoms with van der Waals surface area (Å²) in [4.78, 5) is 0. The van der Waals surface area contributed by atoms with Gasteiger partial charge in [-0.05, 0) is 23.8 Å². The molecule has 2 nitrogen and oxygen atoms in total. The van der Waals surface area contributed by atoms with E-state index < -0.39 is 0 Å². The highest BCUT2D eigenvalue weighted by Crippen LogP contribution is 2.41. The molecule has 0 N–H and O–H groups in total. The number of halogens is 1. The van der Waals surface area contributed by atoms with Crippen molar-refractivity contribution in [2.75, 3.05) is 13.2 Å². The molecule has 84 valence electrons. The van der Waals surface area contributed by atoms with Crippen molar-refractivity contribution in [3.63, 3.8) is 0 Å². The third-order valence-electron chi connectivity index (χ3n) is 3.31. The van der Waals surface area contributed by atoms with Crippen LogP contribution in [-0.2, 0) is 4.74 Å². The van der Waals surface area contributed by atoms with Crippen LogP contribution in [0.5, 0.6) is 5.75 Å². The highest BCUT2D eigenvalue weighted by molar-refractivity contribution is 9.10. The first-order valence-electron chi connectivity index (χ1n) is 5.49. The Morgan fingerprint density at radius 1 is 1.38 bits per heavy atom. The van der Waals surface area contributed by atoms with E-state index in [1.54, 1.807) is 0 Å². The Morgan fingerprint density at radius 3 is 3.12 bits per heavy atom. The lowest BCUT2D eigenvalue weighted by Crippen LogP contribution is -2.39. The van der Waals surface area contributed by atoms with E-state index in [2.05, 4.69) is 28.6 Å². The number of fused-ring (bicyclic) bond motifs is 2. The van der Waals surface area contributed by atoms with Gasteiger partial charge < -0.3 is 9.47 Å². The highest BCUT2D eigenvalue weighted by Gasteiger charge is 2.35. The molecule has 1 aromatic carbocycles. The highest BCUT2D eigenvalue weighted by atomic mass is 79.9. The SMILES string of the molecule is C=C1c2cc(Br)ccc2O[C@H]2CCOC[C@H]12. The van der Waals surface area contributed by atoms with E-state index >= 15 is 0 Å². The van der Waals surface area contributed by atoms with Crippen LogP contribution in [0.3, 0.4) is 0 Å². The van der Waals surface area contributed by atoms with E-state index in [9.17, 15) is 0 Å². The van der Waals surface area contributed by atoms with E-state index in [4.69, 9.17) is 9.47 Å². The van der Waals surface area contributed by atoms with Crippen molar-refractivity contribution in [3.05, 3.63) is 34.8 Å². The summed E-state index contributed by atoms with van der Waals surface area (Å²) in [6.45, 7) is 5.72. The lowest BCUT2D eigenvalue weighted by Gasteiger charge is -2.38. The van der Waals surface area contributed by atoms with Gasteiger partial charge >= 0.3 is 0 Å². The van der Waals surface area contributed by atoms with Crippen LogP contribution >= 0.6 is 15.9 Å². The molecule has 1 fully saturated rings. The molecule has 2 aliphatic heterocycles. The Hall–Kier alpha value is -0.800. The van der Waals surface area contributed by atoms with Crippen molar-refractivity contribution in [1.29, 1.82) is 0 Å². The zero-order chi connectivity index (χ0) is 11.1. The number of hydrogen-bond acceptors (Lipinski definition) is 2. The molecule has 3 heteroatoms. The molecule has 2 atom stereocenters. The zero-order valence-electron chi connectivity index (χ0n) is 8.91. The first kappa shape index (κ1) is 10.4. The summed E-state index contributed by atoms with van der Waals surface area (Å²) >= 11 is 3.48. The summed E-state index contributed by atoms with van der Waals surface area (Å²) in [5.74, 6) is 1.27. The number of rotatable bonds is 0. The summed E-state index contributed by atoms with van der Waals surface area (Å²) in [5.41, 5.74) is 2.26. The van der Waals surface area contributed by atoms with Crippen molar-refractivity contribution >= 4 is 21.5 Å². The maximum absolute atomic E-state index is 6.00. The van der Waals surface area contributed by atoms with Crippen LogP contribution in [0.2, 0.25) is 0 Å². The molecule has 0 aliphatic carbocycles. The predicted molar refractivity (Wildman–Crippen MR) is 66.5 cm³/mol. The van der Waals surface area contributed by atoms with Crippen LogP contribution in [0.1, 0.15) is 12.0 Å². The van der Waals surface area contributed by atoms with Gasteiger partial charge in [-0.25, -0.2) is 0 Å². The standard InChI is InChI=1S/C13H13BrO2/c1-8-10-6-9(14)2-3-12(10)16-13-4-5-15-7-11(8)13/h2-3,6,11,13H,1,4-5,7H2/t11-,13+/m1/s1. The van der Waals surface area contributed by atoms with E-state index in [-0.39, 0.29) is 6.10 Å². The van der Waals surface area contributed by atoms with Crippen LogP contribution in [0, 0.1) is 5.92 Å². The zero-order valence-corrected chi connectivity index (χ0v) is 10.5. The molecule has 1 aromatic rings. The van der Waals surface area contributed by atoms with Crippen LogP contribution < -0.4 is 4.74 Å². The molecule has 2 heterocycles. The summed E-state index contributed by atoms with van der Waals surface area (Å²) < 4.78 is 12.6. The monoisotopic (exact) mass is 280 g/mol. The normalized spacial score (nSPS) is 27.9. The Kier molecular flexibility index (Phi) is 2.52. The van der Waals surface area contributed by atoms with E-state index in [0.717, 1.165) is 41.0 Å². The van der Waals surface area contributed by atoms with Crippen LogP contribution in [0.15, 0.2) is 29.3 Å². The third kappa shape index (κ3) is 1.59. The maximum atomic E-state index is 6.00. The van der Waals surface area contributed by atoms with Gasteiger partial charge in [-0.1, -0.05) is 22.5 Å². The van der Waals surface area contributed by atoms with Gasteiger partial charge in [0.05, 0.1) is 13.2 Å². The molecule has 2 aliphatic rings. The molecule has 0 amide bonds. The largest absolute Gasteiger partial charge is 0.489 e. The van der Waals surface area contributed by atoms with Gasteiger partial charge in [0.1, 0.15) is 11.9 Å². The van der Waals surface area contributed by atoms with Crippen molar-refractivity contribution in [2.24, 2.45) is 5.92 Å². The van der Waals surface area contributed by atoms with Crippen molar-refractivity contribution in [2.45, 2.75) is 12.5 Å². The fraction of sp³-hybridized carbons (Fsp3) is 0.385. The molecule has 1 saturated heterocycles. The summed E-state index contributed by atoms with van der Waals surface area (Å²) in [6, 6.07) is 6.09. The van der Waals surface area contributed by atoms with Crippen LogP contribution in [0.25, 0.3) is 5.57 Å². The molecule has 0 radical (unpaired) electrons.